The lowest BCUT2D eigenvalue weighted by Crippen LogP contribution is -2.36. The highest BCUT2D eigenvalue weighted by molar-refractivity contribution is 8.00. The average Bonchev–Trinajstić information content (AvgIpc) is 2.92. The molecule has 0 bridgehead atoms. The molecule has 2 atom stereocenters. The summed E-state index contributed by atoms with van der Waals surface area (Å²) in [5.41, 5.74) is 5.52. The van der Waals surface area contributed by atoms with Gasteiger partial charge in [0, 0.05) is 10.00 Å². The van der Waals surface area contributed by atoms with E-state index in [0.717, 1.165) is 19.4 Å². The zero-order valence-electron chi connectivity index (χ0n) is 16.6. The molecule has 0 radical (unpaired) electrons. The summed E-state index contributed by atoms with van der Waals surface area (Å²) in [6, 6.07) is 16.9. The van der Waals surface area contributed by atoms with E-state index in [0.29, 0.717) is 5.25 Å². The molecule has 0 spiro atoms. The van der Waals surface area contributed by atoms with Gasteiger partial charge in [-0.3, -0.25) is 9.69 Å². The number of benzene rings is 2. The molecule has 144 valence electrons. The summed E-state index contributed by atoms with van der Waals surface area (Å²) in [6.07, 6.45) is 2.06. The second-order valence-electron chi connectivity index (χ2n) is 7.89. The largest absolute Gasteiger partial charge is 0.480 e. The Labute approximate surface area is 166 Å². The molecule has 27 heavy (non-hydrogen) atoms. The monoisotopic (exact) mass is 383 g/mol. The first-order valence-corrected chi connectivity index (χ1v) is 10.5. The van der Waals surface area contributed by atoms with Crippen molar-refractivity contribution in [3.05, 3.63) is 59.7 Å². The molecule has 1 heterocycles. The molecular weight excluding hydrogens is 354 g/mol. The van der Waals surface area contributed by atoms with Crippen molar-refractivity contribution in [3.63, 3.8) is 0 Å². The summed E-state index contributed by atoms with van der Waals surface area (Å²) in [5.74, 6) is -0.758. The Kier molecular flexibility index (Phi) is 5.97. The smallest absolute Gasteiger partial charge is 0.320 e. The predicted octanol–water partition coefficient (Wildman–Crippen LogP) is 5.56. The number of likely N-dealkylation sites (N-methyl/N-ethyl adjacent to an activating group) is 1. The second-order valence-corrected chi connectivity index (χ2v) is 9.72. The second kappa shape index (κ2) is 8.07. The summed E-state index contributed by atoms with van der Waals surface area (Å²) >= 11 is 2.04. The Morgan fingerprint density at radius 1 is 1.19 bits per heavy atom. The minimum Gasteiger partial charge on any atom is -0.480 e. The molecule has 1 aliphatic rings. The normalized spacial score (nSPS) is 19.1. The Bertz CT molecular complexity index is 803. The molecule has 0 amide bonds. The zero-order valence-corrected chi connectivity index (χ0v) is 17.4. The van der Waals surface area contributed by atoms with Gasteiger partial charge in [-0.05, 0) is 69.5 Å². The molecule has 1 aliphatic heterocycles. The van der Waals surface area contributed by atoms with Gasteiger partial charge in [-0.1, -0.05) is 48.5 Å². The number of carboxylic acids is 1. The van der Waals surface area contributed by atoms with Gasteiger partial charge in [-0.25, -0.2) is 0 Å². The third kappa shape index (κ3) is 4.22. The van der Waals surface area contributed by atoms with E-state index in [2.05, 4.69) is 62.4 Å². The maximum atomic E-state index is 11.1. The van der Waals surface area contributed by atoms with Crippen LogP contribution < -0.4 is 0 Å². The van der Waals surface area contributed by atoms with Crippen LogP contribution >= 0.6 is 11.8 Å². The van der Waals surface area contributed by atoms with E-state index in [1.165, 1.54) is 22.3 Å². The average molecular weight is 384 g/mol. The Morgan fingerprint density at radius 2 is 1.89 bits per heavy atom. The number of thioether (sulfide) groups is 1. The first kappa shape index (κ1) is 20.0. The van der Waals surface area contributed by atoms with Crippen LogP contribution in [0.2, 0.25) is 0 Å². The van der Waals surface area contributed by atoms with Crippen molar-refractivity contribution >= 4 is 17.7 Å². The summed E-state index contributed by atoms with van der Waals surface area (Å²) < 4.78 is 0.0761. The third-order valence-electron chi connectivity index (χ3n) is 5.56. The molecule has 0 fully saturated rings. The quantitative estimate of drug-likeness (QED) is 0.679. The van der Waals surface area contributed by atoms with Gasteiger partial charge in [-0.15, -0.1) is 11.8 Å². The van der Waals surface area contributed by atoms with Crippen LogP contribution in [0.5, 0.6) is 0 Å². The lowest BCUT2D eigenvalue weighted by Gasteiger charge is -2.23. The zero-order chi connectivity index (χ0) is 19.6. The van der Waals surface area contributed by atoms with E-state index in [1.54, 1.807) is 6.92 Å². The maximum Gasteiger partial charge on any atom is 0.320 e. The minimum atomic E-state index is -0.758. The van der Waals surface area contributed by atoms with Crippen molar-refractivity contribution in [1.82, 2.24) is 4.90 Å². The van der Waals surface area contributed by atoms with Crippen molar-refractivity contribution in [1.29, 1.82) is 0 Å². The predicted molar refractivity (Wildman–Crippen MR) is 114 cm³/mol. The summed E-state index contributed by atoms with van der Waals surface area (Å²) in [6.45, 7) is 7.19. The number of aliphatic carboxylic acids is 1. The molecule has 0 saturated carbocycles. The van der Waals surface area contributed by atoms with Gasteiger partial charge in [0.15, 0.2) is 0 Å². The third-order valence-corrected chi connectivity index (χ3v) is 7.13. The van der Waals surface area contributed by atoms with Gasteiger partial charge in [0.1, 0.15) is 6.04 Å². The fourth-order valence-corrected chi connectivity index (χ4v) is 5.63. The van der Waals surface area contributed by atoms with Crippen molar-refractivity contribution in [3.8, 4) is 11.1 Å². The van der Waals surface area contributed by atoms with Crippen LogP contribution in [0.25, 0.3) is 11.1 Å². The maximum absolute atomic E-state index is 11.1. The van der Waals surface area contributed by atoms with E-state index < -0.39 is 12.0 Å². The molecule has 0 saturated heterocycles. The number of hydrogen-bond acceptors (Lipinski definition) is 3. The van der Waals surface area contributed by atoms with Gasteiger partial charge < -0.3 is 5.11 Å². The highest BCUT2D eigenvalue weighted by atomic mass is 32.2. The highest BCUT2D eigenvalue weighted by Crippen LogP contribution is 2.58. The summed E-state index contributed by atoms with van der Waals surface area (Å²) in [7, 11) is 1.89. The Balaban J connectivity index is 1.78. The SMILES string of the molecule is C[C@@H](C(=O)O)N(C)CCCC1SC(C)(C)c2c(-c3ccccc3)cccc21. The fraction of sp³-hybridized carbons (Fsp3) is 0.435. The van der Waals surface area contributed by atoms with Crippen molar-refractivity contribution < 1.29 is 9.90 Å². The van der Waals surface area contributed by atoms with E-state index >= 15 is 0 Å². The molecule has 2 aromatic rings. The summed E-state index contributed by atoms with van der Waals surface area (Å²) in [4.78, 5) is 13.1. The molecule has 0 aliphatic carbocycles. The van der Waals surface area contributed by atoms with Gasteiger partial charge in [0.2, 0.25) is 0 Å². The first-order valence-electron chi connectivity index (χ1n) is 9.61. The molecule has 4 heteroatoms. The van der Waals surface area contributed by atoms with Gasteiger partial charge in [-0.2, -0.15) is 0 Å². The van der Waals surface area contributed by atoms with Gasteiger partial charge in [0.05, 0.1) is 0 Å². The Hall–Kier alpha value is -1.78. The number of nitrogens with zero attached hydrogens (tertiary/aromatic N) is 1. The number of hydrogen-bond donors (Lipinski definition) is 1. The van der Waals surface area contributed by atoms with Crippen LogP contribution in [-0.4, -0.2) is 35.6 Å². The molecular formula is C23H29NO2S. The van der Waals surface area contributed by atoms with Crippen molar-refractivity contribution in [2.24, 2.45) is 0 Å². The van der Waals surface area contributed by atoms with E-state index in [1.807, 2.05) is 23.7 Å². The Morgan fingerprint density at radius 3 is 2.56 bits per heavy atom. The molecule has 1 N–H and O–H groups in total. The first-order chi connectivity index (χ1) is 12.8. The lowest BCUT2D eigenvalue weighted by molar-refractivity contribution is -0.142. The van der Waals surface area contributed by atoms with Crippen LogP contribution in [0.1, 0.15) is 50.0 Å². The fourth-order valence-electron chi connectivity index (χ4n) is 3.97. The van der Waals surface area contributed by atoms with Crippen LogP contribution in [0.4, 0.5) is 0 Å². The van der Waals surface area contributed by atoms with Crippen LogP contribution in [0, 0.1) is 0 Å². The van der Waals surface area contributed by atoms with Gasteiger partial charge >= 0.3 is 5.97 Å². The standard InChI is InChI=1S/C23H29NO2S/c1-16(22(25)26)24(4)15-9-14-20-19-13-8-12-18(17-10-6-5-7-11-17)21(19)23(2,3)27-20/h5-8,10-13,16,20H,9,14-15H2,1-4H3,(H,25,26)/t16-,20?/m0/s1. The molecule has 0 aromatic heterocycles. The topological polar surface area (TPSA) is 40.5 Å². The molecule has 2 aromatic carbocycles. The molecule has 3 rings (SSSR count). The number of fused-ring (bicyclic) bond motifs is 1. The molecule has 1 unspecified atom stereocenters. The van der Waals surface area contributed by atoms with Crippen molar-refractivity contribution in [2.45, 2.75) is 49.7 Å². The highest BCUT2D eigenvalue weighted by Gasteiger charge is 2.39. The van der Waals surface area contributed by atoms with Crippen molar-refractivity contribution in [2.75, 3.05) is 13.6 Å². The van der Waals surface area contributed by atoms with Crippen LogP contribution in [0.3, 0.4) is 0 Å². The number of carboxylic acid groups (broad SMARTS) is 1. The van der Waals surface area contributed by atoms with Crippen LogP contribution in [0.15, 0.2) is 48.5 Å². The van der Waals surface area contributed by atoms with E-state index in [4.69, 9.17) is 5.11 Å². The number of rotatable bonds is 7. The van der Waals surface area contributed by atoms with E-state index in [-0.39, 0.29) is 4.75 Å². The number of carbonyl (C=O) groups is 1. The van der Waals surface area contributed by atoms with Crippen LogP contribution in [-0.2, 0) is 9.54 Å². The van der Waals surface area contributed by atoms with Gasteiger partial charge in [0.25, 0.3) is 0 Å². The minimum absolute atomic E-state index is 0.0761. The lowest BCUT2D eigenvalue weighted by atomic mass is 9.86. The summed E-state index contributed by atoms with van der Waals surface area (Å²) in [5, 5.41) is 9.62. The molecule has 3 nitrogen and oxygen atoms in total. The van der Waals surface area contributed by atoms with E-state index in [9.17, 15) is 4.79 Å².